The number of nitrogens with two attached hydrogens (primary N) is 1. The van der Waals surface area contributed by atoms with Gasteiger partial charge in [0.2, 0.25) is 11.8 Å². The molecule has 0 saturated heterocycles. The van der Waals surface area contributed by atoms with E-state index in [-0.39, 0.29) is 0 Å². The lowest BCUT2D eigenvalue weighted by Crippen LogP contribution is -2.29. The number of nitrogens with zero attached hydrogens (tertiary/aromatic N) is 7. The second-order valence-corrected chi connectivity index (χ2v) is 10.7. The molecular formula is C30H35N9O2. The zero-order chi connectivity index (χ0) is 28.7. The fourth-order valence-corrected chi connectivity index (χ4v) is 5.43. The topological polar surface area (TPSA) is 123 Å². The Morgan fingerprint density at radius 2 is 1.98 bits per heavy atom. The predicted molar refractivity (Wildman–Crippen MR) is 162 cm³/mol. The summed E-state index contributed by atoms with van der Waals surface area (Å²) in [5, 5.41) is 12.8. The molecule has 6 rings (SSSR count). The van der Waals surface area contributed by atoms with Gasteiger partial charge in [0, 0.05) is 63.0 Å². The molecule has 0 bridgehead atoms. The Kier molecular flexibility index (Phi) is 6.96. The van der Waals surface area contributed by atoms with Crippen molar-refractivity contribution in [3.8, 4) is 28.5 Å². The Hall–Kier alpha value is -4.64. The van der Waals surface area contributed by atoms with Crippen LogP contribution in [0.2, 0.25) is 0 Å². The van der Waals surface area contributed by atoms with Crippen molar-refractivity contribution in [2.24, 2.45) is 0 Å². The van der Waals surface area contributed by atoms with Crippen LogP contribution in [0.5, 0.6) is 5.75 Å². The number of nitrogens with one attached hydrogen (secondary N) is 1. The number of methoxy groups -OCH3 is 1. The van der Waals surface area contributed by atoms with Crippen molar-refractivity contribution in [2.75, 3.05) is 57.3 Å². The molecule has 0 unspecified atom stereocenters. The Labute approximate surface area is 239 Å². The molecule has 11 nitrogen and oxygen atoms in total. The predicted octanol–water partition coefficient (Wildman–Crippen LogP) is 4.74. The molecule has 41 heavy (non-hydrogen) atoms. The van der Waals surface area contributed by atoms with Crippen molar-refractivity contribution in [3.63, 3.8) is 0 Å². The van der Waals surface area contributed by atoms with Crippen LogP contribution in [-0.2, 0) is 13.0 Å². The molecular weight excluding hydrogens is 518 g/mol. The SMILES string of the molecule is COc1cc(N(C)CCN(C)C)c(N)cc1Nc1ncc(-c2nnc(C)o2)c(-c2cn3c4c(cccc24)CCC3)n1. The van der Waals surface area contributed by atoms with E-state index in [1.54, 1.807) is 20.2 Å². The summed E-state index contributed by atoms with van der Waals surface area (Å²) in [5.41, 5.74) is 13.7. The van der Waals surface area contributed by atoms with Crippen molar-refractivity contribution in [2.45, 2.75) is 26.3 Å². The zero-order valence-corrected chi connectivity index (χ0v) is 24.1. The van der Waals surface area contributed by atoms with E-state index in [0.717, 1.165) is 49.1 Å². The molecule has 3 aromatic heterocycles. The molecule has 212 valence electrons. The molecule has 0 radical (unpaired) electrons. The number of aryl methyl sites for hydroxylation is 3. The van der Waals surface area contributed by atoms with Gasteiger partial charge in [-0.05, 0) is 38.6 Å². The lowest BCUT2D eigenvalue weighted by molar-refractivity contribution is 0.413. The summed E-state index contributed by atoms with van der Waals surface area (Å²) in [5.74, 6) is 1.90. The zero-order valence-electron chi connectivity index (χ0n) is 24.1. The minimum Gasteiger partial charge on any atom is -0.494 e. The third kappa shape index (κ3) is 5.04. The average molecular weight is 554 g/mol. The normalized spacial score (nSPS) is 12.7. The van der Waals surface area contributed by atoms with E-state index >= 15 is 0 Å². The molecule has 0 aliphatic carbocycles. The number of benzene rings is 2. The van der Waals surface area contributed by atoms with Gasteiger partial charge in [-0.2, -0.15) is 0 Å². The summed E-state index contributed by atoms with van der Waals surface area (Å²) in [4.78, 5) is 13.9. The molecule has 0 fully saturated rings. The van der Waals surface area contributed by atoms with Gasteiger partial charge in [-0.25, -0.2) is 9.97 Å². The van der Waals surface area contributed by atoms with E-state index in [0.29, 0.717) is 46.1 Å². The van der Waals surface area contributed by atoms with Crippen LogP contribution in [0.1, 0.15) is 17.9 Å². The second-order valence-electron chi connectivity index (χ2n) is 10.7. The highest BCUT2D eigenvalue weighted by Crippen LogP contribution is 2.40. The fraction of sp³-hybridized carbons (Fsp3) is 0.333. The van der Waals surface area contributed by atoms with Gasteiger partial charge in [0.1, 0.15) is 5.75 Å². The van der Waals surface area contributed by atoms with Gasteiger partial charge in [-0.3, -0.25) is 0 Å². The molecule has 0 amide bonds. The largest absolute Gasteiger partial charge is 0.494 e. The Bertz CT molecular complexity index is 1720. The van der Waals surface area contributed by atoms with Crippen LogP contribution >= 0.6 is 0 Å². The molecule has 0 spiro atoms. The van der Waals surface area contributed by atoms with Crippen LogP contribution in [0.4, 0.5) is 23.0 Å². The molecule has 11 heteroatoms. The van der Waals surface area contributed by atoms with E-state index in [2.05, 4.69) is 59.3 Å². The number of rotatable bonds is 9. The first-order valence-corrected chi connectivity index (χ1v) is 13.7. The van der Waals surface area contributed by atoms with E-state index in [1.165, 1.54) is 11.1 Å². The number of hydrogen-bond donors (Lipinski definition) is 2. The highest BCUT2D eigenvalue weighted by Gasteiger charge is 2.23. The number of aromatic nitrogens is 5. The lowest BCUT2D eigenvalue weighted by Gasteiger charge is -2.24. The first-order valence-electron chi connectivity index (χ1n) is 13.7. The molecule has 2 aromatic carbocycles. The summed E-state index contributed by atoms with van der Waals surface area (Å²) in [6.45, 7) is 4.46. The summed E-state index contributed by atoms with van der Waals surface area (Å²) in [6.07, 6.45) is 6.06. The maximum atomic E-state index is 6.51. The number of likely N-dealkylation sites (N-methyl/N-ethyl adjacent to an activating group) is 2. The van der Waals surface area contributed by atoms with Crippen LogP contribution in [0.15, 0.2) is 47.1 Å². The van der Waals surface area contributed by atoms with Crippen molar-refractivity contribution < 1.29 is 9.15 Å². The first kappa shape index (κ1) is 26.6. The van der Waals surface area contributed by atoms with Gasteiger partial charge in [-0.15, -0.1) is 10.2 Å². The van der Waals surface area contributed by atoms with E-state index in [1.807, 2.05) is 33.3 Å². The molecule has 3 N–H and O–H groups in total. The van der Waals surface area contributed by atoms with Crippen LogP contribution in [0.25, 0.3) is 33.6 Å². The monoisotopic (exact) mass is 553 g/mol. The Balaban J connectivity index is 1.42. The van der Waals surface area contributed by atoms with Crippen LogP contribution < -0.4 is 20.7 Å². The van der Waals surface area contributed by atoms with Crippen molar-refractivity contribution in [3.05, 3.63) is 54.2 Å². The lowest BCUT2D eigenvalue weighted by atomic mass is 10.0. The molecule has 1 aliphatic rings. The second kappa shape index (κ2) is 10.7. The average Bonchev–Trinajstić information content (AvgIpc) is 3.57. The fourth-order valence-electron chi connectivity index (χ4n) is 5.43. The molecule has 5 aromatic rings. The maximum absolute atomic E-state index is 6.51. The maximum Gasteiger partial charge on any atom is 0.251 e. The smallest absolute Gasteiger partial charge is 0.251 e. The standard InChI is InChI=1S/C30H35N9O2/c1-18-35-36-29(41-18)21-16-32-30(33-24-14-23(31)25(15-26(24)40-5)38(4)13-12-37(2)3)34-27(21)22-17-39-11-7-9-19-8-6-10-20(22)28(19)39/h6,8,10,14-17H,7,9,11-13,31H2,1-5H3,(H,32,33,34). The van der Waals surface area contributed by atoms with E-state index in [4.69, 9.17) is 19.9 Å². The van der Waals surface area contributed by atoms with Gasteiger partial charge in [-0.1, -0.05) is 18.2 Å². The van der Waals surface area contributed by atoms with Crippen LogP contribution in [0, 0.1) is 6.92 Å². The van der Waals surface area contributed by atoms with Crippen molar-refractivity contribution >= 4 is 33.9 Å². The van der Waals surface area contributed by atoms with Gasteiger partial charge in [0.15, 0.2) is 0 Å². The highest BCUT2D eigenvalue weighted by molar-refractivity contribution is 6.00. The van der Waals surface area contributed by atoms with Crippen LogP contribution in [0.3, 0.4) is 0 Å². The molecule has 4 heterocycles. The third-order valence-electron chi connectivity index (χ3n) is 7.52. The first-order chi connectivity index (χ1) is 19.8. The highest BCUT2D eigenvalue weighted by atomic mass is 16.5. The van der Waals surface area contributed by atoms with Crippen molar-refractivity contribution in [1.29, 1.82) is 0 Å². The van der Waals surface area contributed by atoms with Gasteiger partial charge < -0.3 is 34.6 Å². The Morgan fingerprint density at radius 3 is 2.73 bits per heavy atom. The number of nitrogen functional groups attached to an aromatic ring is 1. The minimum absolute atomic E-state index is 0.378. The summed E-state index contributed by atoms with van der Waals surface area (Å²) in [6, 6.07) is 10.3. The Morgan fingerprint density at radius 1 is 1.12 bits per heavy atom. The molecule has 0 saturated carbocycles. The van der Waals surface area contributed by atoms with Gasteiger partial charge in [0.25, 0.3) is 5.89 Å². The third-order valence-corrected chi connectivity index (χ3v) is 7.52. The summed E-state index contributed by atoms with van der Waals surface area (Å²) >= 11 is 0. The van der Waals surface area contributed by atoms with E-state index in [9.17, 15) is 0 Å². The molecule has 1 aliphatic heterocycles. The number of para-hydroxylation sites is 1. The minimum atomic E-state index is 0.378. The number of hydrogen-bond acceptors (Lipinski definition) is 10. The van der Waals surface area contributed by atoms with Crippen LogP contribution in [-0.4, -0.2) is 71.0 Å². The number of ether oxygens (including phenoxy) is 1. The number of anilines is 4. The summed E-state index contributed by atoms with van der Waals surface area (Å²) < 4.78 is 13.9. The molecule has 0 atom stereocenters. The van der Waals surface area contributed by atoms with Gasteiger partial charge in [0.05, 0.1) is 40.9 Å². The van der Waals surface area contributed by atoms with Crippen molar-refractivity contribution in [1.82, 2.24) is 29.6 Å². The van der Waals surface area contributed by atoms with Gasteiger partial charge >= 0.3 is 0 Å². The quantitative estimate of drug-likeness (QED) is 0.248. The van der Waals surface area contributed by atoms with E-state index < -0.39 is 0 Å². The summed E-state index contributed by atoms with van der Waals surface area (Å²) in [7, 11) is 7.76.